The molecule has 1 heterocycles. The van der Waals surface area contributed by atoms with Crippen molar-refractivity contribution in [1.29, 1.82) is 0 Å². The monoisotopic (exact) mass is 202 g/mol. The van der Waals surface area contributed by atoms with E-state index in [9.17, 15) is 4.79 Å². The first kappa shape index (κ1) is 11.1. The Morgan fingerprint density at radius 2 is 2.38 bits per heavy atom. The molecule has 1 saturated heterocycles. The second-order valence-corrected chi connectivity index (χ2v) is 4.68. The van der Waals surface area contributed by atoms with E-state index >= 15 is 0 Å². The van der Waals surface area contributed by atoms with Crippen molar-refractivity contribution in [3.8, 4) is 0 Å². The SMILES string of the molecule is CCCOCC(=O)C1CCCCS1. The number of thioether (sulfide) groups is 1. The Bertz CT molecular complexity index is 153. The van der Waals surface area contributed by atoms with Gasteiger partial charge in [0.15, 0.2) is 5.78 Å². The van der Waals surface area contributed by atoms with Crippen LogP contribution in [0.2, 0.25) is 0 Å². The van der Waals surface area contributed by atoms with Crippen LogP contribution in [-0.2, 0) is 9.53 Å². The van der Waals surface area contributed by atoms with Crippen LogP contribution in [0, 0.1) is 0 Å². The Balaban J connectivity index is 2.13. The van der Waals surface area contributed by atoms with E-state index in [2.05, 4.69) is 6.92 Å². The Kier molecular flexibility index (Phi) is 5.47. The zero-order chi connectivity index (χ0) is 9.52. The number of hydrogen-bond donors (Lipinski definition) is 0. The molecule has 0 aromatic carbocycles. The number of ether oxygens (including phenoxy) is 1. The van der Waals surface area contributed by atoms with Gasteiger partial charge in [0.2, 0.25) is 0 Å². The molecule has 1 aliphatic heterocycles. The van der Waals surface area contributed by atoms with Crippen molar-refractivity contribution in [2.24, 2.45) is 0 Å². The molecule has 0 bridgehead atoms. The number of Topliss-reactive ketones (excluding diaryl/α,β-unsaturated/α-hetero) is 1. The van der Waals surface area contributed by atoms with E-state index in [1.165, 1.54) is 12.8 Å². The molecule has 1 rings (SSSR count). The molecule has 0 saturated carbocycles. The van der Waals surface area contributed by atoms with Crippen molar-refractivity contribution in [3.05, 3.63) is 0 Å². The minimum atomic E-state index is 0.227. The van der Waals surface area contributed by atoms with Gasteiger partial charge in [0.25, 0.3) is 0 Å². The average molecular weight is 202 g/mol. The summed E-state index contributed by atoms with van der Waals surface area (Å²) < 4.78 is 5.23. The standard InChI is InChI=1S/C10H18O2S/c1-2-6-12-8-9(11)10-5-3-4-7-13-10/h10H,2-8H2,1H3. The lowest BCUT2D eigenvalue weighted by Crippen LogP contribution is -2.25. The number of carbonyl (C=O) groups excluding carboxylic acids is 1. The number of ketones is 1. The van der Waals surface area contributed by atoms with Gasteiger partial charge in [-0.3, -0.25) is 4.79 Å². The van der Waals surface area contributed by atoms with Crippen molar-refractivity contribution in [3.63, 3.8) is 0 Å². The molecule has 0 spiro atoms. The zero-order valence-corrected chi connectivity index (χ0v) is 9.07. The molecule has 1 unspecified atom stereocenters. The van der Waals surface area contributed by atoms with E-state index in [0.717, 1.165) is 18.6 Å². The highest BCUT2D eigenvalue weighted by molar-refractivity contribution is 8.00. The smallest absolute Gasteiger partial charge is 0.171 e. The Morgan fingerprint density at radius 1 is 1.54 bits per heavy atom. The van der Waals surface area contributed by atoms with Gasteiger partial charge >= 0.3 is 0 Å². The summed E-state index contributed by atoms with van der Waals surface area (Å²) >= 11 is 1.80. The van der Waals surface area contributed by atoms with Crippen LogP contribution in [0.1, 0.15) is 32.6 Å². The molecule has 0 N–H and O–H groups in total. The fourth-order valence-electron chi connectivity index (χ4n) is 1.40. The summed E-state index contributed by atoms with van der Waals surface area (Å²) in [6.07, 6.45) is 4.52. The molecule has 0 radical (unpaired) electrons. The topological polar surface area (TPSA) is 26.3 Å². The summed E-state index contributed by atoms with van der Waals surface area (Å²) in [5, 5.41) is 0.227. The van der Waals surface area contributed by atoms with Gasteiger partial charge in [-0.15, -0.1) is 0 Å². The normalized spacial score (nSPS) is 23.0. The Labute approximate surface area is 84.4 Å². The minimum absolute atomic E-state index is 0.227. The highest BCUT2D eigenvalue weighted by Crippen LogP contribution is 2.25. The molecule has 13 heavy (non-hydrogen) atoms. The number of rotatable bonds is 5. The van der Waals surface area contributed by atoms with Crippen LogP contribution < -0.4 is 0 Å². The molecule has 1 atom stereocenters. The third-order valence-electron chi connectivity index (χ3n) is 2.13. The molecule has 1 fully saturated rings. The fraction of sp³-hybridized carbons (Fsp3) is 0.900. The average Bonchev–Trinajstić information content (AvgIpc) is 2.19. The first-order valence-electron chi connectivity index (χ1n) is 5.06. The van der Waals surface area contributed by atoms with Crippen LogP contribution in [0.25, 0.3) is 0 Å². The first-order valence-corrected chi connectivity index (χ1v) is 6.11. The summed E-state index contributed by atoms with van der Waals surface area (Å²) in [6.45, 7) is 3.09. The molecular weight excluding hydrogens is 184 g/mol. The predicted molar refractivity (Wildman–Crippen MR) is 56.2 cm³/mol. The lowest BCUT2D eigenvalue weighted by Gasteiger charge is -2.19. The van der Waals surface area contributed by atoms with Crippen LogP contribution in [0.5, 0.6) is 0 Å². The highest BCUT2D eigenvalue weighted by Gasteiger charge is 2.21. The van der Waals surface area contributed by atoms with Gasteiger partial charge in [-0.25, -0.2) is 0 Å². The van der Waals surface area contributed by atoms with Crippen LogP contribution in [0.4, 0.5) is 0 Å². The summed E-state index contributed by atoms with van der Waals surface area (Å²) in [4.78, 5) is 11.5. The van der Waals surface area contributed by atoms with Gasteiger partial charge in [0, 0.05) is 6.61 Å². The first-order chi connectivity index (χ1) is 6.34. The van der Waals surface area contributed by atoms with Crippen molar-refractivity contribution in [2.45, 2.75) is 37.9 Å². The molecule has 0 aromatic rings. The quantitative estimate of drug-likeness (QED) is 0.640. The maximum absolute atomic E-state index is 11.5. The maximum Gasteiger partial charge on any atom is 0.171 e. The Morgan fingerprint density at radius 3 is 3.00 bits per heavy atom. The van der Waals surface area contributed by atoms with Crippen LogP contribution in [0.15, 0.2) is 0 Å². The van der Waals surface area contributed by atoms with Crippen molar-refractivity contribution < 1.29 is 9.53 Å². The third kappa shape index (κ3) is 4.14. The van der Waals surface area contributed by atoms with Gasteiger partial charge in [-0.05, 0) is 25.0 Å². The molecule has 0 aliphatic carbocycles. The molecule has 76 valence electrons. The van der Waals surface area contributed by atoms with E-state index in [4.69, 9.17) is 4.74 Å². The molecule has 2 nitrogen and oxygen atoms in total. The lowest BCUT2D eigenvalue weighted by molar-refractivity contribution is -0.123. The predicted octanol–water partition coefficient (Wildman–Crippen LogP) is 2.27. The molecule has 1 aliphatic rings. The highest BCUT2D eigenvalue weighted by atomic mass is 32.2. The second-order valence-electron chi connectivity index (χ2n) is 3.37. The summed E-state index contributed by atoms with van der Waals surface area (Å²) in [7, 11) is 0. The molecule has 3 heteroatoms. The van der Waals surface area contributed by atoms with Gasteiger partial charge < -0.3 is 4.74 Å². The van der Waals surface area contributed by atoms with E-state index in [1.807, 2.05) is 0 Å². The van der Waals surface area contributed by atoms with Crippen LogP contribution >= 0.6 is 11.8 Å². The van der Waals surface area contributed by atoms with E-state index in [0.29, 0.717) is 13.2 Å². The summed E-state index contributed by atoms with van der Waals surface area (Å²) in [5.41, 5.74) is 0. The van der Waals surface area contributed by atoms with E-state index in [-0.39, 0.29) is 11.0 Å². The van der Waals surface area contributed by atoms with Crippen molar-refractivity contribution in [1.82, 2.24) is 0 Å². The Hall–Kier alpha value is -0.0200. The van der Waals surface area contributed by atoms with Gasteiger partial charge in [-0.1, -0.05) is 13.3 Å². The maximum atomic E-state index is 11.5. The molecular formula is C10H18O2S. The van der Waals surface area contributed by atoms with E-state index < -0.39 is 0 Å². The summed E-state index contributed by atoms with van der Waals surface area (Å²) in [6, 6.07) is 0. The third-order valence-corrected chi connectivity index (χ3v) is 3.56. The van der Waals surface area contributed by atoms with Gasteiger partial charge in [-0.2, -0.15) is 11.8 Å². The second kappa shape index (κ2) is 6.44. The molecule has 0 amide bonds. The van der Waals surface area contributed by atoms with E-state index in [1.54, 1.807) is 11.8 Å². The fourth-order valence-corrected chi connectivity index (χ4v) is 2.65. The molecule has 0 aromatic heterocycles. The zero-order valence-electron chi connectivity index (χ0n) is 8.25. The number of hydrogen-bond acceptors (Lipinski definition) is 3. The van der Waals surface area contributed by atoms with Crippen molar-refractivity contribution >= 4 is 17.5 Å². The van der Waals surface area contributed by atoms with Gasteiger partial charge in [0.05, 0.1) is 5.25 Å². The number of carbonyl (C=O) groups is 1. The largest absolute Gasteiger partial charge is 0.374 e. The summed E-state index contributed by atoms with van der Waals surface area (Å²) in [5.74, 6) is 1.43. The van der Waals surface area contributed by atoms with Gasteiger partial charge in [0.1, 0.15) is 6.61 Å². The van der Waals surface area contributed by atoms with Crippen molar-refractivity contribution in [2.75, 3.05) is 19.0 Å². The minimum Gasteiger partial charge on any atom is -0.374 e. The van der Waals surface area contributed by atoms with Crippen LogP contribution in [-0.4, -0.2) is 30.0 Å². The van der Waals surface area contributed by atoms with Crippen LogP contribution in [0.3, 0.4) is 0 Å². The lowest BCUT2D eigenvalue weighted by atomic mass is 10.1.